The Morgan fingerprint density at radius 2 is 1.94 bits per heavy atom. The molecule has 0 spiro atoms. The first-order valence-corrected chi connectivity index (χ1v) is 7.30. The van der Waals surface area contributed by atoms with Crippen molar-refractivity contribution in [2.45, 2.75) is 26.0 Å². The van der Waals surface area contributed by atoms with Crippen LogP contribution in [0.25, 0.3) is 0 Å². The highest BCUT2D eigenvalue weighted by Crippen LogP contribution is 2.19. The third kappa shape index (κ3) is 5.34. The fourth-order valence-electron chi connectivity index (χ4n) is 1.26. The van der Waals surface area contributed by atoms with Gasteiger partial charge in [0.1, 0.15) is 0 Å². The molecule has 0 aliphatic rings. The summed E-state index contributed by atoms with van der Waals surface area (Å²) < 4.78 is 11.8. The van der Waals surface area contributed by atoms with Crippen LogP contribution in [-0.2, 0) is 16.6 Å². The van der Waals surface area contributed by atoms with Gasteiger partial charge in [0.25, 0.3) is 0 Å². The zero-order valence-electron chi connectivity index (χ0n) is 10.1. The molecular weight excluding hydrogens is 254 g/mol. The third-order valence-electron chi connectivity index (χ3n) is 2.50. The highest BCUT2D eigenvalue weighted by molar-refractivity contribution is 7.84. The van der Waals surface area contributed by atoms with E-state index in [0.717, 1.165) is 5.56 Å². The molecule has 0 aliphatic carbocycles. The van der Waals surface area contributed by atoms with Crippen molar-refractivity contribution in [1.82, 2.24) is 0 Å². The van der Waals surface area contributed by atoms with Crippen molar-refractivity contribution in [2.75, 3.05) is 5.75 Å². The third-order valence-corrected chi connectivity index (χ3v) is 4.07. The SMILES string of the molecule is CC(C)(C#N)CCS(=O)Cc1ccc(Cl)cc1. The van der Waals surface area contributed by atoms with E-state index in [9.17, 15) is 4.21 Å². The zero-order chi connectivity index (χ0) is 12.9. The topological polar surface area (TPSA) is 40.9 Å². The summed E-state index contributed by atoms with van der Waals surface area (Å²) >= 11 is 5.78. The van der Waals surface area contributed by atoms with Crippen molar-refractivity contribution in [3.05, 3.63) is 34.9 Å². The van der Waals surface area contributed by atoms with Crippen LogP contribution in [0.2, 0.25) is 5.02 Å². The van der Waals surface area contributed by atoms with E-state index >= 15 is 0 Å². The lowest BCUT2D eigenvalue weighted by molar-refractivity contribution is 0.479. The molecule has 1 rings (SSSR count). The first-order chi connectivity index (χ1) is 7.93. The Morgan fingerprint density at radius 3 is 2.47 bits per heavy atom. The van der Waals surface area contributed by atoms with Gasteiger partial charge in [0.15, 0.2) is 0 Å². The standard InChI is InChI=1S/C13H16ClNOS/c1-13(2,10-15)7-8-17(16)9-11-3-5-12(14)6-4-11/h3-6H,7-9H2,1-2H3. The average Bonchev–Trinajstić information content (AvgIpc) is 2.30. The average molecular weight is 270 g/mol. The van der Waals surface area contributed by atoms with E-state index in [1.54, 1.807) is 12.1 Å². The van der Waals surface area contributed by atoms with E-state index in [1.165, 1.54) is 0 Å². The Labute approximate surface area is 110 Å². The quantitative estimate of drug-likeness (QED) is 0.820. The van der Waals surface area contributed by atoms with Gasteiger partial charge in [-0.05, 0) is 38.0 Å². The molecule has 0 aliphatic heterocycles. The smallest absolute Gasteiger partial charge is 0.0684 e. The molecule has 1 aromatic rings. The number of nitriles is 1. The first-order valence-electron chi connectivity index (χ1n) is 5.44. The number of nitrogens with zero attached hydrogens (tertiary/aromatic N) is 1. The van der Waals surface area contributed by atoms with Crippen LogP contribution in [0, 0.1) is 16.7 Å². The van der Waals surface area contributed by atoms with Crippen molar-refractivity contribution in [3.8, 4) is 6.07 Å². The number of halogens is 1. The lowest BCUT2D eigenvalue weighted by atomic mass is 9.93. The Balaban J connectivity index is 2.46. The molecule has 92 valence electrons. The van der Waals surface area contributed by atoms with Crippen molar-refractivity contribution < 1.29 is 4.21 Å². The molecule has 17 heavy (non-hydrogen) atoms. The van der Waals surface area contributed by atoms with Crippen LogP contribution in [0.1, 0.15) is 25.8 Å². The first kappa shape index (κ1) is 14.2. The Kier molecular flexibility index (Phi) is 5.17. The number of hydrogen-bond acceptors (Lipinski definition) is 2. The lowest BCUT2D eigenvalue weighted by Crippen LogP contribution is -2.13. The van der Waals surface area contributed by atoms with E-state index in [-0.39, 0.29) is 0 Å². The van der Waals surface area contributed by atoms with Gasteiger partial charge >= 0.3 is 0 Å². The van der Waals surface area contributed by atoms with Gasteiger partial charge in [-0.1, -0.05) is 23.7 Å². The minimum atomic E-state index is -0.920. The lowest BCUT2D eigenvalue weighted by Gasteiger charge is -2.14. The van der Waals surface area contributed by atoms with Crippen LogP contribution in [0.4, 0.5) is 0 Å². The van der Waals surface area contributed by atoms with Crippen LogP contribution in [0.5, 0.6) is 0 Å². The van der Waals surface area contributed by atoms with Gasteiger partial charge in [0.2, 0.25) is 0 Å². The van der Waals surface area contributed by atoms with Gasteiger partial charge in [-0.25, -0.2) is 0 Å². The van der Waals surface area contributed by atoms with Gasteiger partial charge in [-0.15, -0.1) is 0 Å². The second-order valence-corrected chi connectivity index (χ2v) is 6.67. The molecule has 1 atom stereocenters. The monoisotopic (exact) mass is 269 g/mol. The van der Waals surface area contributed by atoms with Gasteiger partial charge in [-0.2, -0.15) is 5.26 Å². The number of rotatable bonds is 5. The summed E-state index contributed by atoms with van der Waals surface area (Å²) in [5.74, 6) is 1.09. The van der Waals surface area contributed by atoms with Crippen molar-refractivity contribution >= 4 is 22.4 Å². The summed E-state index contributed by atoms with van der Waals surface area (Å²) in [7, 11) is -0.920. The van der Waals surface area contributed by atoms with Gasteiger partial charge < -0.3 is 0 Å². The molecule has 0 saturated carbocycles. The highest BCUT2D eigenvalue weighted by Gasteiger charge is 2.17. The summed E-state index contributed by atoms with van der Waals surface area (Å²) in [6, 6.07) is 9.58. The fourth-order valence-corrected chi connectivity index (χ4v) is 2.84. The molecule has 0 bridgehead atoms. The molecule has 4 heteroatoms. The van der Waals surface area contributed by atoms with Crippen LogP contribution in [-0.4, -0.2) is 9.96 Å². The van der Waals surface area contributed by atoms with Crippen LogP contribution >= 0.6 is 11.6 Å². The van der Waals surface area contributed by atoms with Crippen molar-refractivity contribution in [3.63, 3.8) is 0 Å². The largest absolute Gasteiger partial charge is 0.259 e. The molecule has 0 radical (unpaired) electrons. The molecule has 0 saturated heterocycles. The fraction of sp³-hybridized carbons (Fsp3) is 0.462. The number of benzene rings is 1. The molecule has 1 aromatic carbocycles. The molecule has 0 heterocycles. The van der Waals surface area contributed by atoms with Crippen molar-refractivity contribution in [1.29, 1.82) is 5.26 Å². The van der Waals surface area contributed by atoms with Crippen LogP contribution in [0.15, 0.2) is 24.3 Å². The maximum absolute atomic E-state index is 11.8. The summed E-state index contributed by atoms with van der Waals surface area (Å²) in [6.07, 6.45) is 0.656. The van der Waals surface area contributed by atoms with E-state index in [0.29, 0.717) is 22.9 Å². The van der Waals surface area contributed by atoms with Gasteiger partial charge in [0, 0.05) is 27.3 Å². The van der Waals surface area contributed by atoms with Crippen LogP contribution in [0.3, 0.4) is 0 Å². The summed E-state index contributed by atoms with van der Waals surface area (Å²) in [5.41, 5.74) is 0.623. The summed E-state index contributed by atoms with van der Waals surface area (Å²) in [6.45, 7) is 3.74. The predicted octanol–water partition coefficient (Wildman–Crippen LogP) is 3.53. The molecule has 2 nitrogen and oxygen atoms in total. The Hall–Kier alpha value is -0.850. The van der Waals surface area contributed by atoms with Gasteiger partial charge in [-0.3, -0.25) is 4.21 Å². The Morgan fingerprint density at radius 1 is 1.35 bits per heavy atom. The maximum atomic E-state index is 11.8. The second-order valence-electron chi connectivity index (χ2n) is 4.66. The van der Waals surface area contributed by atoms with Gasteiger partial charge in [0.05, 0.1) is 11.5 Å². The van der Waals surface area contributed by atoms with E-state index in [4.69, 9.17) is 16.9 Å². The second kappa shape index (κ2) is 6.18. The molecule has 1 unspecified atom stereocenters. The highest BCUT2D eigenvalue weighted by atomic mass is 35.5. The maximum Gasteiger partial charge on any atom is 0.0684 e. The molecule has 0 aromatic heterocycles. The molecule has 0 fully saturated rings. The zero-order valence-corrected chi connectivity index (χ0v) is 11.6. The minimum Gasteiger partial charge on any atom is -0.259 e. The van der Waals surface area contributed by atoms with Crippen LogP contribution < -0.4 is 0 Å². The molecular formula is C13H16ClNOS. The summed E-state index contributed by atoms with van der Waals surface area (Å²) in [4.78, 5) is 0. The predicted molar refractivity (Wildman–Crippen MR) is 72.2 cm³/mol. The van der Waals surface area contributed by atoms with E-state index in [1.807, 2.05) is 26.0 Å². The normalized spacial score (nSPS) is 13.1. The van der Waals surface area contributed by atoms with Crippen molar-refractivity contribution in [2.24, 2.45) is 5.41 Å². The van der Waals surface area contributed by atoms with E-state index in [2.05, 4.69) is 6.07 Å². The molecule has 0 amide bonds. The Bertz CT molecular complexity index is 434. The number of hydrogen-bond donors (Lipinski definition) is 0. The van der Waals surface area contributed by atoms with E-state index < -0.39 is 16.2 Å². The summed E-state index contributed by atoms with van der Waals surface area (Å²) in [5, 5.41) is 9.55. The minimum absolute atomic E-state index is 0.393. The molecule has 0 N–H and O–H groups in total.